The van der Waals surface area contributed by atoms with Gasteiger partial charge < -0.3 is 9.97 Å². The average molecular weight is 260 g/mol. The molecule has 0 unspecified atom stereocenters. The maximum absolute atomic E-state index is 12.0. The lowest BCUT2D eigenvalue weighted by Crippen LogP contribution is -2.28. The summed E-state index contributed by atoms with van der Waals surface area (Å²) in [5.74, 6) is -0.991. The van der Waals surface area contributed by atoms with Gasteiger partial charge in [-0.05, 0) is 0 Å². The molecule has 96 valence electrons. The molecular weight excluding hydrogens is 254 g/mol. The summed E-state index contributed by atoms with van der Waals surface area (Å²) < 4.78 is 24.0. The van der Waals surface area contributed by atoms with E-state index in [4.69, 9.17) is 0 Å². The van der Waals surface area contributed by atoms with Crippen LogP contribution in [0.3, 0.4) is 0 Å². The van der Waals surface area contributed by atoms with Crippen molar-refractivity contribution < 1.29 is 8.87 Å². The molecule has 3 N–H and O–H groups in total. The van der Waals surface area contributed by atoms with Crippen molar-refractivity contribution in [1.29, 1.82) is 0 Å². The van der Waals surface area contributed by atoms with E-state index in [2.05, 4.69) is 0 Å². The van der Waals surface area contributed by atoms with Gasteiger partial charge in [-0.25, -0.2) is 9.59 Å². The number of halogens is 2. The van der Waals surface area contributed by atoms with Crippen molar-refractivity contribution in [3.8, 4) is 0 Å². The van der Waals surface area contributed by atoms with Crippen molar-refractivity contribution >= 4 is 0 Å². The number of hydrogen-bond acceptors (Lipinski definition) is 4. The molecule has 0 aromatic carbocycles. The van der Waals surface area contributed by atoms with Gasteiger partial charge in [0, 0.05) is 18.5 Å². The van der Waals surface area contributed by atoms with Crippen molar-refractivity contribution in [3.63, 3.8) is 0 Å². The van der Waals surface area contributed by atoms with Crippen LogP contribution in [0.25, 0.3) is 0 Å². The smallest absolute Gasteiger partial charge is 0.312 e. The van der Waals surface area contributed by atoms with E-state index in [1.807, 2.05) is 9.97 Å². The highest BCUT2D eigenvalue weighted by Crippen LogP contribution is 1.74. The highest BCUT2D eigenvalue weighted by atomic mass is 19.2. The van der Waals surface area contributed by atoms with Crippen LogP contribution >= 0.6 is 0 Å². The monoisotopic (exact) mass is 260 g/mol. The minimum absolute atomic E-state index is 0.500. The molecule has 2 aromatic rings. The van der Waals surface area contributed by atoms with Crippen LogP contribution in [0.5, 0.6) is 0 Å². The van der Waals surface area contributed by atoms with Crippen LogP contribution in [0.2, 0.25) is 0 Å². The van der Waals surface area contributed by atoms with E-state index in [0.717, 1.165) is 12.3 Å². The summed E-state index contributed by atoms with van der Waals surface area (Å²) in [6.45, 7) is 0. The van der Waals surface area contributed by atoms with Crippen LogP contribution in [0.15, 0.2) is 37.6 Å². The topological polar surface area (TPSA) is 121 Å². The standard InChI is InChI=1S/2C4H3FN2O2/c5-2-1-6-4(9)7-3(2)8;5-7-3(8)1-2-6-4(7)9/h1H,(H2,6,7,8,9);1-2H,(H,6,9). The maximum atomic E-state index is 12.0. The van der Waals surface area contributed by atoms with E-state index in [1.165, 1.54) is 0 Å². The molecule has 2 aromatic heterocycles. The zero-order chi connectivity index (χ0) is 13.7. The molecule has 0 aliphatic carbocycles. The fourth-order valence-corrected chi connectivity index (χ4v) is 0.800. The SMILES string of the molecule is O=c1[nH]cc(F)c(=O)[nH]1.O=c1cc[nH]c(=O)n1F. The lowest BCUT2D eigenvalue weighted by molar-refractivity contribution is 0.330. The summed E-state index contributed by atoms with van der Waals surface area (Å²) in [4.78, 5) is 45.9. The molecule has 0 aliphatic rings. The van der Waals surface area contributed by atoms with Gasteiger partial charge >= 0.3 is 11.4 Å². The van der Waals surface area contributed by atoms with E-state index in [0.29, 0.717) is 6.20 Å². The molecule has 18 heavy (non-hydrogen) atoms. The molecule has 0 saturated carbocycles. The van der Waals surface area contributed by atoms with Crippen LogP contribution < -0.4 is 22.5 Å². The molecule has 8 nitrogen and oxygen atoms in total. The van der Waals surface area contributed by atoms with Crippen molar-refractivity contribution in [1.82, 2.24) is 19.7 Å². The third-order valence-electron chi connectivity index (χ3n) is 1.58. The highest BCUT2D eigenvalue weighted by Gasteiger charge is 1.94. The van der Waals surface area contributed by atoms with Crippen LogP contribution in [-0.4, -0.2) is 19.7 Å². The summed E-state index contributed by atoms with van der Waals surface area (Å²) in [5, 5.41) is 0. The van der Waals surface area contributed by atoms with Crippen LogP contribution in [0.1, 0.15) is 0 Å². The second-order valence-electron chi connectivity index (χ2n) is 2.82. The number of H-pyrrole nitrogens is 3. The molecule has 0 fully saturated rings. The molecule has 0 aliphatic heterocycles. The molecule has 0 bridgehead atoms. The maximum Gasteiger partial charge on any atom is 0.357 e. The van der Waals surface area contributed by atoms with Gasteiger partial charge in [0.2, 0.25) is 5.82 Å². The van der Waals surface area contributed by atoms with Gasteiger partial charge in [-0.3, -0.25) is 14.6 Å². The third-order valence-corrected chi connectivity index (χ3v) is 1.58. The second-order valence-corrected chi connectivity index (χ2v) is 2.82. The summed E-state index contributed by atoms with van der Waals surface area (Å²) in [6, 6.07) is 0.918. The molecule has 0 amide bonds. The third kappa shape index (κ3) is 3.37. The van der Waals surface area contributed by atoms with E-state index in [-0.39, 0.29) is 0 Å². The van der Waals surface area contributed by atoms with Gasteiger partial charge in [-0.15, -0.1) is 0 Å². The molecule has 0 spiro atoms. The number of rotatable bonds is 0. The van der Waals surface area contributed by atoms with Crippen LogP contribution in [0.4, 0.5) is 8.87 Å². The Balaban J connectivity index is 0.000000180. The quantitative estimate of drug-likeness (QED) is 0.532. The number of aromatic amines is 3. The molecule has 0 radical (unpaired) electrons. The van der Waals surface area contributed by atoms with Crippen LogP contribution in [0, 0.1) is 5.82 Å². The van der Waals surface area contributed by atoms with Gasteiger partial charge in [-0.2, -0.15) is 4.39 Å². The van der Waals surface area contributed by atoms with Crippen molar-refractivity contribution in [2.24, 2.45) is 0 Å². The predicted molar refractivity (Wildman–Crippen MR) is 55.5 cm³/mol. The number of nitrogens with one attached hydrogen (secondary N) is 3. The van der Waals surface area contributed by atoms with Gasteiger partial charge in [0.15, 0.2) is 0 Å². The molecular formula is C8H6F2N4O4. The van der Waals surface area contributed by atoms with E-state index in [9.17, 15) is 28.0 Å². The van der Waals surface area contributed by atoms with Gasteiger partial charge in [-0.1, -0.05) is 9.27 Å². The summed E-state index contributed by atoms with van der Waals surface area (Å²) in [7, 11) is 0. The zero-order valence-corrected chi connectivity index (χ0v) is 8.57. The molecule has 0 atom stereocenters. The van der Waals surface area contributed by atoms with Crippen molar-refractivity contribution in [2.45, 2.75) is 0 Å². The Kier molecular flexibility index (Phi) is 4.07. The first-order valence-corrected chi connectivity index (χ1v) is 4.36. The lowest BCUT2D eigenvalue weighted by atomic mass is 10.6. The molecule has 2 rings (SSSR count). The Hall–Kier alpha value is -2.78. The van der Waals surface area contributed by atoms with Gasteiger partial charge in [0.1, 0.15) is 0 Å². The number of hydrogen-bond donors (Lipinski definition) is 3. The van der Waals surface area contributed by atoms with E-state index < -0.39 is 33.1 Å². The largest absolute Gasteiger partial charge is 0.357 e. The minimum atomic E-state index is -1.05. The van der Waals surface area contributed by atoms with Crippen LogP contribution in [-0.2, 0) is 0 Å². The lowest BCUT2D eigenvalue weighted by Gasteiger charge is -1.83. The zero-order valence-electron chi connectivity index (χ0n) is 8.57. The normalized spacial score (nSPS) is 9.44. The second kappa shape index (κ2) is 5.52. The molecule has 10 heteroatoms. The van der Waals surface area contributed by atoms with Crippen molar-refractivity contribution in [2.75, 3.05) is 0 Å². The number of aromatic nitrogens is 4. The predicted octanol–water partition coefficient (Wildman–Crippen LogP) is -1.53. The van der Waals surface area contributed by atoms with Gasteiger partial charge in [0.25, 0.3) is 11.1 Å². The van der Waals surface area contributed by atoms with E-state index >= 15 is 0 Å². The highest BCUT2D eigenvalue weighted by molar-refractivity contribution is 4.83. The minimum Gasteiger partial charge on any atom is -0.312 e. The first kappa shape index (κ1) is 13.3. The first-order chi connectivity index (χ1) is 8.41. The van der Waals surface area contributed by atoms with Crippen molar-refractivity contribution in [3.05, 3.63) is 66.0 Å². The fourth-order valence-electron chi connectivity index (χ4n) is 0.800. The Morgan fingerprint density at radius 3 is 2.22 bits per heavy atom. The van der Waals surface area contributed by atoms with E-state index in [1.54, 1.807) is 4.98 Å². The Morgan fingerprint density at radius 1 is 1.11 bits per heavy atom. The Morgan fingerprint density at radius 2 is 1.78 bits per heavy atom. The number of nitrogens with zero attached hydrogens (tertiary/aromatic N) is 1. The molecule has 2 heterocycles. The summed E-state index contributed by atoms with van der Waals surface area (Å²) in [6.07, 6.45) is 1.79. The Bertz CT molecular complexity index is 726. The Labute approximate surface area is 95.5 Å². The summed E-state index contributed by atoms with van der Waals surface area (Å²) >= 11 is 0. The first-order valence-electron chi connectivity index (χ1n) is 4.36. The average Bonchev–Trinajstić information content (AvgIpc) is 2.32. The molecule has 0 saturated heterocycles. The summed E-state index contributed by atoms with van der Waals surface area (Å²) in [5.41, 5.74) is -3.72. The van der Waals surface area contributed by atoms with Gasteiger partial charge in [0.05, 0.1) is 0 Å². The fraction of sp³-hybridized carbons (Fsp3) is 0.